The van der Waals surface area contributed by atoms with Gasteiger partial charge in [0.15, 0.2) is 14.9 Å². The van der Waals surface area contributed by atoms with Crippen LogP contribution in [0, 0.1) is 0 Å². The number of benzene rings is 1. The van der Waals surface area contributed by atoms with Crippen molar-refractivity contribution in [3.05, 3.63) is 29.8 Å². The Morgan fingerprint density at radius 1 is 1.19 bits per heavy atom. The molecule has 0 fully saturated rings. The Labute approximate surface area is 124 Å². The van der Waals surface area contributed by atoms with Crippen LogP contribution in [0.2, 0.25) is 0 Å². The van der Waals surface area contributed by atoms with Gasteiger partial charge in [-0.05, 0) is 23.6 Å². The first-order valence-electron chi connectivity index (χ1n) is 5.98. The number of carbonyl (C=O) groups is 1. The largest absolute Gasteiger partial charge is 0.481 e. The number of rotatable bonds is 7. The summed E-state index contributed by atoms with van der Waals surface area (Å²) in [6, 6.07) is 6.14. The van der Waals surface area contributed by atoms with E-state index < -0.39 is 30.9 Å². The fourth-order valence-electron chi connectivity index (χ4n) is 1.75. The molecule has 0 aliphatic heterocycles. The Balaban J connectivity index is 2.82. The second-order valence-electron chi connectivity index (χ2n) is 4.88. The average molecular weight is 335 g/mol. The van der Waals surface area contributed by atoms with Crippen LogP contribution in [0.4, 0.5) is 5.69 Å². The summed E-state index contributed by atoms with van der Waals surface area (Å²) < 4.78 is 47.4. The van der Waals surface area contributed by atoms with E-state index in [2.05, 4.69) is 4.72 Å². The predicted octanol–water partition coefficient (Wildman–Crippen LogP) is 1.01. The van der Waals surface area contributed by atoms with Crippen molar-refractivity contribution in [3.63, 3.8) is 0 Å². The predicted molar refractivity (Wildman–Crippen MR) is 79.4 cm³/mol. The number of nitrogens with one attached hydrogen (secondary N) is 1. The van der Waals surface area contributed by atoms with Crippen LogP contribution in [0.25, 0.3) is 0 Å². The second-order valence-corrected chi connectivity index (χ2v) is 9.11. The molecule has 21 heavy (non-hydrogen) atoms. The van der Waals surface area contributed by atoms with Crippen molar-refractivity contribution in [3.8, 4) is 0 Å². The topological polar surface area (TPSA) is 118 Å². The van der Waals surface area contributed by atoms with Crippen molar-refractivity contribution in [2.45, 2.75) is 19.3 Å². The molecule has 1 aromatic carbocycles. The van der Waals surface area contributed by atoms with Gasteiger partial charge >= 0.3 is 5.97 Å². The quantitative estimate of drug-likeness (QED) is 0.768. The first-order valence-corrected chi connectivity index (χ1v) is 9.70. The van der Waals surface area contributed by atoms with E-state index in [-0.39, 0.29) is 18.0 Å². The fraction of sp³-hybridized carbons (Fsp3) is 0.417. The molecule has 0 amide bonds. The number of anilines is 1. The number of hydrogen-bond acceptors (Lipinski definition) is 5. The van der Waals surface area contributed by atoms with Crippen LogP contribution < -0.4 is 4.72 Å². The summed E-state index contributed by atoms with van der Waals surface area (Å²) in [5, 5.41) is 7.72. The van der Waals surface area contributed by atoms with Gasteiger partial charge in [0.25, 0.3) is 0 Å². The molecule has 7 nitrogen and oxygen atoms in total. The summed E-state index contributed by atoms with van der Waals surface area (Å²) in [5.74, 6) is -1.12. The first-order chi connectivity index (χ1) is 9.48. The van der Waals surface area contributed by atoms with Crippen molar-refractivity contribution in [1.29, 1.82) is 0 Å². The van der Waals surface area contributed by atoms with Crippen LogP contribution in [0.1, 0.15) is 24.8 Å². The van der Waals surface area contributed by atoms with Gasteiger partial charge in [-0.15, -0.1) is 0 Å². The summed E-state index contributed by atoms with van der Waals surface area (Å²) in [7, 11) is -7.63. The Bertz CT molecular complexity index is 707. The maximum Gasteiger partial charge on any atom is 0.303 e. The smallest absolute Gasteiger partial charge is 0.303 e. The summed E-state index contributed by atoms with van der Waals surface area (Å²) in [6.07, 6.45) is 0.808. The highest BCUT2D eigenvalue weighted by molar-refractivity contribution is 8.08. The molecule has 0 aromatic heterocycles. The molecule has 9 heteroatoms. The minimum atomic E-state index is -3.98. The van der Waals surface area contributed by atoms with E-state index in [1.54, 1.807) is 19.1 Å². The molecule has 1 aromatic rings. The van der Waals surface area contributed by atoms with Gasteiger partial charge in [-0.1, -0.05) is 19.1 Å². The van der Waals surface area contributed by atoms with Crippen LogP contribution in [-0.4, -0.2) is 39.3 Å². The normalized spacial score (nSPS) is 13.6. The van der Waals surface area contributed by atoms with Crippen molar-refractivity contribution in [1.82, 2.24) is 0 Å². The molecule has 0 saturated carbocycles. The van der Waals surface area contributed by atoms with E-state index in [1.807, 2.05) is 0 Å². The Morgan fingerprint density at radius 3 is 2.14 bits per heavy atom. The molecule has 0 aliphatic rings. The van der Waals surface area contributed by atoms with Gasteiger partial charge in [0.1, 0.15) is 0 Å². The molecular formula is C12H17NO6S2. The first kappa shape index (κ1) is 17.4. The molecule has 0 radical (unpaired) electrons. The lowest BCUT2D eigenvalue weighted by atomic mass is 9.98. The van der Waals surface area contributed by atoms with Crippen LogP contribution in [0.5, 0.6) is 0 Å². The van der Waals surface area contributed by atoms with Crippen molar-refractivity contribution in [2.75, 3.05) is 16.1 Å². The third kappa shape index (κ3) is 6.58. The lowest BCUT2D eigenvalue weighted by Gasteiger charge is -2.11. The Kier molecular flexibility index (Phi) is 5.35. The van der Waals surface area contributed by atoms with Crippen LogP contribution in [0.15, 0.2) is 24.3 Å². The average Bonchev–Trinajstić information content (AvgIpc) is 2.24. The molecule has 2 N–H and O–H groups in total. The van der Waals surface area contributed by atoms with Crippen molar-refractivity contribution in [2.24, 2.45) is 0 Å². The van der Waals surface area contributed by atoms with E-state index in [0.717, 1.165) is 11.8 Å². The number of carboxylic acids is 1. The van der Waals surface area contributed by atoms with E-state index in [1.165, 1.54) is 12.1 Å². The number of sulfonamides is 1. The van der Waals surface area contributed by atoms with E-state index in [9.17, 15) is 21.6 Å². The van der Waals surface area contributed by atoms with E-state index in [4.69, 9.17) is 5.11 Å². The van der Waals surface area contributed by atoms with E-state index >= 15 is 0 Å². The molecule has 0 saturated heterocycles. The lowest BCUT2D eigenvalue weighted by molar-refractivity contribution is -0.137. The SMILES string of the molecule is CC(CC(=O)O)c1ccc(NS(=O)(=O)CS(C)(=O)=O)cc1. The highest BCUT2D eigenvalue weighted by Crippen LogP contribution is 2.21. The highest BCUT2D eigenvalue weighted by atomic mass is 32.3. The molecule has 0 spiro atoms. The maximum absolute atomic E-state index is 11.6. The summed E-state index contributed by atoms with van der Waals surface area (Å²) in [6.45, 7) is 1.75. The monoisotopic (exact) mass is 335 g/mol. The molecule has 0 bridgehead atoms. The zero-order valence-electron chi connectivity index (χ0n) is 11.6. The molecular weight excluding hydrogens is 318 g/mol. The summed E-state index contributed by atoms with van der Waals surface area (Å²) >= 11 is 0. The van der Waals surface area contributed by atoms with Gasteiger partial charge in [-0.25, -0.2) is 16.8 Å². The molecule has 118 valence electrons. The number of carboxylic acid groups (broad SMARTS) is 1. The minimum Gasteiger partial charge on any atom is -0.481 e. The second kappa shape index (κ2) is 6.44. The van der Waals surface area contributed by atoms with Gasteiger partial charge in [0.2, 0.25) is 10.0 Å². The number of aliphatic carboxylic acids is 1. The van der Waals surface area contributed by atoms with E-state index in [0.29, 0.717) is 0 Å². The van der Waals surface area contributed by atoms with Crippen molar-refractivity contribution < 1.29 is 26.7 Å². The highest BCUT2D eigenvalue weighted by Gasteiger charge is 2.18. The number of hydrogen-bond donors (Lipinski definition) is 2. The molecule has 0 aliphatic carbocycles. The lowest BCUT2D eigenvalue weighted by Crippen LogP contribution is -2.22. The van der Waals surface area contributed by atoms with Crippen LogP contribution in [-0.2, 0) is 24.7 Å². The zero-order chi connectivity index (χ0) is 16.3. The van der Waals surface area contributed by atoms with Crippen molar-refractivity contribution >= 4 is 31.5 Å². The third-order valence-corrected chi connectivity index (χ3v) is 6.10. The molecule has 1 atom stereocenters. The molecule has 0 heterocycles. The van der Waals surface area contributed by atoms with Gasteiger partial charge in [-0.2, -0.15) is 0 Å². The molecule has 1 rings (SSSR count). The van der Waals surface area contributed by atoms with Crippen LogP contribution in [0.3, 0.4) is 0 Å². The Morgan fingerprint density at radius 2 is 1.71 bits per heavy atom. The van der Waals surface area contributed by atoms with Gasteiger partial charge in [0, 0.05) is 11.9 Å². The summed E-state index contributed by atoms with van der Waals surface area (Å²) in [4.78, 5) is 10.6. The standard InChI is InChI=1S/C12H17NO6S2/c1-9(7-12(14)15)10-3-5-11(6-4-10)13-21(18,19)8-20(2,16)17/h3-6,9,13H,7-8H2,1-2H3,(H,14,15). The number of sulfone groups is 1. The van der Waals surface area contributed by atoms with Gasteiger partial charge in [0.05, 0.1) is 6.42 Å². The zero-order valence-corrected chi connectivity index (χ0v) is 13.2. The van der Waals surface area contributed by atoms with Crippen LogP contribution >= 0.6 is 0 Å². The maximum atomic E-state index is 11.6. The summed E-state index contributed by atoms with van der Waals surface area (Å²) in [5.41, 5.74) is 0.980. The van der Waals surface area contributed by atoms with Gasteiger partial charge < -0.3 is 5.11 Å². The Hall–Kier alpha value is -1.61. The minimum absolute atomic E-state index is 0.0286. The fourth-order valence-corrected chi connectivity index (χ4v) is 4.74. The molecule has 1 unspecified atom stereocenters. The third-order valence-electron chi connectivity index (χ3n) is 2.60. The van der Waals surface area contributed by atoms with Gasteiger partial charge in [-0.3, -0.25) is 9.52 Å².